The smallest absolute Gasteiger partial charge is 0.0455 e. The first-order valence-corrected chi connectivity index (χ1v) is 7.96. The zero-order valence-electron chi connectivity index (χ0n) is 12.0. The summed E-state index contributed by atoms with van der Waals surface area (Å²) < 4.78 is 0. The summed E-state index contributed by atoms with van der Waals surface area (Å²) in [5.74, 6) is 0.539. The van der Waals surface area contributed by atoms with Crippen LogP contribution in [0.5, 0.6) is 0 Å². The average Bonchev–Trinajstić information content (AvgIpc) is 2.38. The van der Waals surface area contributed by atoms with Crippen LogP contribution < -0.4 is 5.32 Å². The predicted octanol–water partition coefficient (Wildman–Crippen LogP) is 5.27. The fourth-order valence-corrected chi connectivity index (χ4v) is 3.79. The van der Waals surface area contributed by atoms with Gasteiger partial charge in [-0.3, -0.25) is 0 Å². The topological polar surface area (TPSA) is 12.0 Å². The van der Waals surface area contributed by atoms with E-state index in [9.17, 15) is 0 Å². The molecule has 3 unspecified atom stereocenters. The Morgan fingerprint density at radius 3 is 2.63 bits per heavy atom. The van der Waals surface area contributed by atoms with E-state index >= 15 is 0 Å². The number of rotatable bonds is 5. The molecule has 0 aliphatic heterocycles. The maximum atomic E-state index is 6.37. The van der Waals surface area contributed by atoms with E-state index in [0.717, 1.165) is 18.0 Å². The molecule has 0 heterocycles. The van der Waals surface area contributed by atoms with Crippen molar-refractivity contribution in [2.24, 2.45) is 5.41 Å². The molecular weight excluding hydrogens is 277 g/mol. The molecule has 1 aromatic rings. The highest BCUT2D eigenvalue weighted by Gasteiger charge is 2.50. The summed E-state index contributed by atoms with van der Waals surface area (Å²) in [6.45, 7) is 7.96. The van der Waals surface area contributed by atoms with Crippen LogP contribution >= 0.6 is 23.2 Å². The molecule has 1 aliphatic rings. The molecule has 1 fully saturated rings. The standard InChI is InChI=1S/C16H23Cl2N/c1-4-8-19-15-10-13(16(15,3)5-2)12-7-6-11(17)9-14(12)18/h6-7,9,13,15,19H,4-5,8,10H2,1-3H3. The van der Waals surface area contributed by atoms with Crippen molar-refractivity contribution in [3.63, 3.8) is 0 Å². The largest absolute Gasteiger partial charge is 0.313 e. The van der Waals surface area contributed by atoms with Crippen molar-refractivity contribution in [2.75, 3.05) is 6.54 Å². The Morgan fingerprint density at radius 2 is 2.05 bits per heavy atom. The van der Waals surface area contributed by atoms with Crippen LogP contribution in [-0.2, 0) is 0 Å². The van der Waals surface area contributed by atoms with Gasteiger partial charge in [0.25, 0.3) is 0 Å². The molecule has 0 aromatic heterocycles. The minimum absolute atomic E-state index is 0.298. The molecule has 1 N–H and O–H groups in total. The van der Waals surface area contributed by atoms with Gasteiger partial charge in [0, 0.05) is 16.1 Å². The molecule has 0 saturated heterocycles. The molecule has 1 nitrogen and oxygen atoms in total. The molecule has 0 bridgehead atoms. The van der Waals surface area contributed by atoms with Gasteiger partial charge in [-0.1, -0.05) is 50.0 Å². The molecular formula is C16H23Cl2N. The second kappa shape index (κ2) is 6.03. The number of hydrogen-bond donors (Lipinski definition) is 1. The van der Waals surface area contributed by atoms with E-state index in [2.05, 4.69) is 32.2 Å². The van der Waals surface area contributed by atoms with E-state index in [0.29, 0.717) is 22.4 Å². The van der Waals surface area contributed by atoms with Gasteiger partial charge in [-0.15, -0.1) is 0 Å². The summed E-state index contributed by atoms with van der Waals surface area (Å²) in [5.41, 5.74) is 1.55. The van der Waals surface area contributed by atoms with E-state index < -0.39 is 0 Å². The third kappa shape index (κ3) is 2.79. The van der Waals surface area contributed by atoms with E-state index in [1.807, 2.05) is 12.1 Å². The van der Waals surface area contributed by atoms with E-state index in [-0.39, 0.29) is 0 Å². The van der Waals surface area contributed by atoms with Crippen molar-refractivity contribution in [3.8, 4) is 0 Å². The number of hydrogen-bond acceptors (Lipinski definition) is 1. The van der Waals surface area contributed by atoms with Gasteiger partial charge >= 0.3 is 0 Å². The lowest BCUT2D eigenvalue weighted by Crippen LogP contribution is -2.56. The lowest BCUT2D eigenvalue weighted by Gasteiger charge is -2.55. The van der Waals surface area contributed by atoms with Crippen molar-refractivity contribution in [2.45, 2.75) is 52.0 Å². The maximum absolute atomic E-state index is 6.37. The van der Waals surface area contributed by atoms with Gasteiger partial charge in [-0.2, -0.15) is 0 Å². The second-order valence-electron chi connectivity index (χ2n) is 5.82. The van der Waals surface area contributed by atoms with Gasteiger partial charge < -0.3 is 5.32 Å². The minimum Gasteiger partial charge on any atom is -0.313 e. The van der Waals surface area contributed by atoms with Gasteiger partial charge in [0.15, 0.2) is 0 Å². The molecule has 0 amide bonds. The van der Waals surface area contributed by atoms with E-state index in [1.165, 1.54) is 18.4 Å². The van der Waals surface area contributed by atoms with Gasteiger partial charge in [-0.05, 0) is 54.8 Å². The first kappa shape index (κ1) is 15.2. The number of halogens is 2. The average molecular weight is 300 g/mol. The van der Waals surface area contributed by atoms with Crippen LogP contribution in [0.15, 0.2) is 18.2 Å². The Labute approximate surface area is 126 Å². The molecule has 1 saturated carbocycles. The Bertz CT molecular complexity index is 446. The maximum Gasteiger partial charge on any atom is 0.0455 e. The summed E-state index contributed by atoms with van der Waals surface area (Å²) in [7, 11) is 0. The molecule has 1 aliphatic carbocycles. The molecule has 3 heteroatoms. The fourth-order valence-electron chi connectivity index (χ4n) is 3.25. The summed E-state index contributed by atoms with van der Waals surface area (Å²) in [6, 6.07) is 6.51. The van der Waals surface area contributed by atoms with Crippen molar-refractivity contribution >= 4 is 23.2 Å². The molecule has 2 rings (SSSR count). The number of benzene rings is 1. The fraction of sp³-hybridized carbons (Fsp3) is 0.625. The molecule has 1 aromatic carbocycles. The minimum atomic E-state index is 0.298. The summed E-state index contributed by atoms with van der Waals surface area (Å²) in [5, 5.41) is 5.20. The second-order valence-corrected chi connectivity index (χ2v) is 6.66. The highest BCUT2D eigenvalue weighted by Crippen LogP contribution is 2.56. The Morgan fingerprint density at radius 1 is 1.32 bits per heavy atom. The van der Waals surface area contributed by atoms with E-state index in [4.69, 9.17) is 23.2 Å². The lowest BCUT2D eigenvalue weighted by molar-refractivity contribution is 0.0446. The molecule has 0 spiro atoms. The quantitative estimate of drug-likeness (QED) is 0.781. The highest BCUT2D eigenvalue weighted by atomic mass is 35.5. The van der Waals surface area contributed by atoms with Crippen molar-refractivity contribution in [1.29, 1.82) is 0 Å². The zero-order valence-corrected chi connectivity index (χ0v) is 13.5. The van der Waals surface area contributed by atoms with E-state index in [1.54, 1.807) is 0 Å². The molecule has 106 valence electrons. The first-order valence-electron chi connectivity index (χ1n) is 7.21. The highest BCUT2D eigenvalue weighted by molar-refractivity contribution is 6.35. The monoisotopic (exact) mass is 299 g/mol. The zero-order chi connectivity index (χ0) is 14.0. The lowest BCUT2D eigenvalue weighted by atomic mass is 9.54. The third-order valence-electron chi connectivity index (χ3n) is 4.80. The number of nitrogens with one attached hydrogen (secondary N) is 1. The van der Waals surface area contributed by atoms with Gasteiger partial charge in [0.1, 0.15) is 0 Å². The first-order chi connectivity index (χ1) is 9.02. The van der Waals surface area contributed by atoms with Crippen molar-refractivity contribution < 1.29 is 0 Å². The molecule has 19 heavy (non-hydrogen) atoms. The van der Waals surface area contributed by atoms with Gasteiger partial charge in [0.05, 0.1) is 0 Å². The third-order valence-corrected chi connectivity index (χ3v) is 5.37. The SMILES string of the molecule is CCCNC1CC(c2ccc(Cl)cc2Cl)C1(C)CC. The molecule has 0 radical (unpaired) electrons. The Hall–Kier alpha value is -0.240. The molecule has 3 atom stereocenters. The Kier molecular flexibility index (Phi) is 4.81. The van der Waals surface area contributed by atoms with Crippen LogP contribution in [0.3, 0.4) is 0 Å². The summed E-state index contributed by atoms with van der Waals surface area (Å²) >= 11 is 12.4. The van der Waals surface area contributed by atoms with Crippen LogP contribution in [0.4, 0.5) is 0 Å². The summed E-state index contributed by atoms with van der Waals surface area (Å²) in [4.78, 5) is 0. The van der Waals surface area contributed by atoms with Gasteiger partial charge in [-0.25, -0.2) is 0 Å². The normalized spacial score (nSPS) is 30.2. The van der Waals surface area contributed by atoms with Crippen LogP contribution in [0.2, 0.25) is 10.0 Å². The van der Waals surface area contributed by atoms with Crippen LogP contribution in [0.1, 0.15) is 51.5 Å². The van der Waals surface area contributed by atoms with Crippen LogP contribution in [-0.4, -0.2) is 12.6 Å². The van der Waals surface area contributed by atoms with Crippen LogP contribution in [0.25, 0.3) is 0 Å². The Balaban J connectivity index is 2.18. The summed E-state index contributed by atoms with van der Waals surface area (Å²) in [6.07, 6.45) is 3.52. The van der Waals surface area contributed by atoms with Crippen molar-refractivity contribution in [1.82, 2.24) is 5.32 Å². The van der Waals surface area contributed by atoms with Gasteiger partial charge in [0.2, 0.25) is 0 Å². The van der Waals surface area contributed by atoms with Crippen molar-refractivity contribution in [3.05, 3.63) is 33.8 Å². The predicted molar refractivity (Wildman–Crippen MR) is 84.3 cm³/mol. The van der Waals surface area contributed by atoms with Crippen LogP contribution in [0, 0.1) is 5.41 Å².